The lowest BCUT2D eigenvalue weighted by atomic mass is 9.64. The zero-order chi connectivity index (χ0) is 47.1. The summed E-state index contributed by atoms with van der Waals surface area (Å²) in [4.78, 5) is 0. The van der Waals surface area contributed by atoms with Crippen LogP contribution < -0.4 is 38.2 Å². The molecule has 2 heterocycles. The van der Waals surface area contributed by atoms with Gasteiger partial charge in [0.15, 0.2) is 0 Å². The van der Waals surface area contributed by atoms with Crippen molar-refractivity contribution < 1.29 is 0 Å². The first kappa shape index (κ1) is 42.6. The quantitative estimate of drug-likeness (QED) is 0.215. The first-order valence-electron chi connectivity index (χ1n) is 24.3. The van der Waals surface area contributed by atoms with Gasteiger partial charge in [-0.2, -0.15) is 0 Å². The Morgan fingerprint density at radius 3 is 1.25 bits per heavy atom. The van der Waals surface area contributed by atoms with E-state index in [9.17, 15) is 0 Å². The van der Waals surface area contributed by atoms with Gasteiger partial charge in [-0.1, -0.05) is 184 Å². The average Bonchev–Trinajstić information content (AvgIpc) is 3.94. The maximum absolute atomic E-state index is 2.58. The van der Waals surface area contributed by atoms with Gasteiger partial charge in [-0.25, -0.2) is 0 Å². The Morgan fingerprint density at radius 2 is 0.667 bits per heavy atom. The van der Waals surface area contributed by atoms with Gasteiger partial charge in [-0.15, -0.1) is 5.46 Å². The molecular formula is C60H47B7N2. The first-order valence-corrected chi connectivity index (χ1v) is 24.3. The second-order valence-corrected chi connectivity index (χ2v) is 19.1. The van der Waals surface area contributed by atoms with Gasteiger partial charge < -0.3 is 9.13 Å². The molecule has 2 aromatic heterocycles. The Morgan fingerprint density at radius 1 is 0.246 bits per heavy atom. The minimum absolute atomic E-state index is 1.15. The number of hydrogen-bond donors (Lipinski definition) is 0. The highest BCUT2D eigenvalue weighted by molar-refractivity contribution is 6.69. The summed E-state index contributed by atoms with van der Waals surface area (Å²) in [5.41, 5.74) is 29.0. The van der Waals surface area contributed by atoms with Crippen molar-refractivity contribution in [3.05, 3.63) is 200 Å². The smallest absolute Gasteiger partial charge is 0.141 e. The molecule has 12 aromatic rings. The van der Waals surface area contributed by atoms with Crippen LogP contribution in [-0.2, 0) is 0 Å². The van der Waals surface area contributed by atoms with Gasteiger partial charge in [0.1, 0.15) is 54.9 Å². The van der Waals surface area contributed by atoms with Crippen molar-refractivity contribution in [2.24, 2.45) is 0 Å². The molecule has 0 fully saturated rings. The lowest BCUT2D eigenvalue weighted by molar-refractivity contribution is 1.18. The van der Waals surface area contributed by atoms with Gasteiger partial charge in [0.2, 0.25) is 0 Å². The van der Waals surface area contributed by atoms with E-state index in [1.54, 1.807) is 0 Å². The molecule has 0 amide bonds. The van der Waals surface area contributed by atoms with E-state index in [-0.39, 0.29) is 0 Å². The molecule has 0 aliphatic rings. The Labute approximate surface area is 410 Å². The van der Waals surface area contributed by atoms with Crippen molar-refractivity contribution >= 4 is 137 Å². The number of hydrogen-bond acceptors (Lipinski definition) is 0. The molecule has 2 nitrogen and oxygen atoms in total. The molecule has 0 unspecified atom stereocenters. The van der Waals surface area contributed by atoms with Crippen LogP contribution in [0.1, 0.15) is 0 Å². The van der Waals surface area contributed by atoms with E-state index in [4.69, 9.17) is 0 Å². The van der Waals surface area contributed by atoms with Gasteiger partial charge >= 0.3 is 0 Å². The van der Waals surface area contributed by atoms with E-state index in [0.29, 0.717) is 0 Å². The monoisotopic (exact) mass is 872 g/mol. The molecule has 9 heteroatoms. The molecule has 10 aromatic carbocycles. The van der Waals surface area contributed by atoms with Crippen LogP contribution in [-0.4, -0.2) is 64.1 Å². The van der Waals surface area contributed by atoms with Crippen LogP contribution in [0.5, 0.6) is 0 Å². The first-order chi connectivity index (χ1) is 33.7. The van der Waals surface area contributed by atoms with Crippen molar-refractivity contribution in [1.82, 2.24) is 9.13 Å². The van der Waals surface area contributed by atoms with E-state index in [1.165, 1.54) is 143 Å². The third kappa shape index (κ3) is 6.89. The summed E-state index contributed by atoms with van der Waals surface area (Å²) in [6.45, 7) is 0. The molecule has 0 saturated heterocycles. The summed E-state index contributed by atoms with van der Waals surface area (Å²) in [5, 5.41) is 5.20. The third-order valence-corrected chi connectivity index (χ3v) is 15.5. The molecule has 0 spiro atoms. The van der Waals surface area contributed by atoms with Crippen molar-refractivity contribution in [1.29, 1.82) is 0 Å². The van der Waals surface area contributed by atoms with Crippen LogP contribution >= 0.6 is 0 Å². The average molecular weight is 872 g/mol. The predicted octanol–water partition coefficient (Wildman–Crippen LogP) is 4.02. The number of rotatable bonds is 7. The molecule has 0 atom stereocenters. The summed E-state index contributed by atoms with van der Waals surface area (Å²) in [7, 11) is 16.3. The second-order valence-electron chi connectivity index (χ2n) is 19.1. The Balaban J connectivity index is 1.05. The van der Waals surface area contributed by atoms with Gasteiger partial charge in [-0.05, 0) is 110 Å². The van der Waals surface area contributed by atoms with Crippen molar-refractivity contribution in [2.45, 2.75) is 0 Å². The van der Waals surface area contributed by atoms with Crippen LogP contribution in [0.4, 0.5) is 0 Å². The molecule has 12 rings (SSSR count). The third-order valence-electron chi connectivity index (χ3n) is 15.5. The van der Waals surface area contributed by atoms with Crippen LogP contribution in [0, 0.1) is 0 Å². The summed E-state index contributed by atoms with van der Waals surface area (Å²) in [6.07, 6.45) is 0. The minimum Gasteiger partial charge on any atom is -0.310 e. The molecule has 318 valence electrons. The van der Waals surface area contributed by atoms with Crippen LogP contribution in [0.2, 0.25) is 0 Å². The topological polar surface area (TPSA) is 9.86 Å². The maximum Gasteiger partial charge on any atom is 0.141 e. The van der Waals surface area contributed by atoms with E-state index in [0.717, 1.165) is 5.69 Å². The summed E-state index contributed by atoms with van der Waals surface area (Å²) in [6, 6.07) is 73.5. The zero-order valence-electron chi connectivity index (χ0n) is 40.4. The molecule has 69 heavy (non-hydrogen) atoms. The Kier molecular flexibility index (Phi) is 10.4. The lowest BCUT2D eigenvalue weighted by Crippen LogP contribution is -2.48. The summed E-state index contributed by atoms with van der Waals surface area (Å²) < 4.78 is 5.03. The SMILES string of the molecule is Bc1c(B)c(B)c2c(c1B)c1c(B)c(-c3ccc4c(c3)c3ccc(-c5ccccc5)cc3n4-c3ccc(-c4ccccc4)cc3)c(B)c(B)c1n2-c1ccc(-c2cccc(-c3ccccc3)c2)cc1. The molecule has 0 radical (unpaired) electrons. The largest absolute Gasteiger partial charge is 0.310 e. The highest BCUT2D eigenvalue weighted by atomic mass is 15.0. The zero-order valence-corrected chi connectivity index (χ0v) is 40.4. The van der Waals surface area contributed by atoms with Gasteiger partial charge in [-0.3, -0.25) is 0 Å². The number of aromatic nitrogens is 2. The Bertz CT molecular complexity index is 3990. The van der Waals surface area contributed by atoms with Crippen LogP contribution in [0.3, 0.4) is 0 Å². The summed E-state index contributed by atoms with van der Waals surface area (Å²) in [5.74, 6) is 0. The summed E-state index contributed by atoms with van der Waals surface area (Å²) >= 11 is 0. The van der Waals surface area contributed by atoms with E-state index >= 15 is 0 Å². The van der Waals surface area contributed by atoms with Crippen LogP contribution in [0.25, 0.3) is 111 Å². The fraction of sp³-hybridized carbons (Fsp3) is 0. The maximum atomic E-state index is 2.58. The van der Waals surface area contributed by atoms with E-state index < -0.39 is 0 Å². The van der Waals surface area contributed by atoms with Gasteiger partial charge in [0, 0.05) is 38.6 Å². The molecular weight excluding hydrogens is 824 g/mol. The molecule has 0 aliphatic carbocycles. The van der Waals surface area contributed by atoms with Gasteiger partial charge in [0.05, 0.1) is 11.0 Å². The van der Waals surface area contributed by atoms with Crippen molar-refractivity contribution in [3.8, 4) is 67.0 Å². The van der Waals surface area contributed by atoms with Crippen molar-refractivity contribution in [2.75, 3.05) is 0 Å². The minimum atomic E-state index is 1.15. The van der Waals surface area contributed by atoms with E-state index in [1.807, 2.05) is 0 Å². The number of nitrogens with zero attached hydrogens (tertiary/aromatic N) is 2. The predicted molar refractivity (Wildman–Crippen MR) is 320 cm³/mol. The van der Waals surface area contributed by atoms with Crippen molar-refractivity contribution in [3.63, 3.8) is 0 Å². The van der Waals surface area contributed by atoms with Gasteiger partial charge in [0.25, 0.3) is 0 Å². The fourth-order valence-electron chi connectivity index (χ4n) is 11.4. The molecule has 0 aliphatic heterocycles. The van der Waals surface area contributed by atoms with E-state index in [2.05, 4.69) is 264 Å². The molecule has 0 bridgehead atoms. The lowest BCUT2D eigenvalue weighted by Gasteiger charge is -2.19. The molecule has 0 N–H and O–H groups in total. The standard InChI is InChI=1S/C60H47B7N2/c61-52-49(42-24-30-47-46(32-42)45-29-23-41(36-15-8-3-9-16-36)33-48(45)68(47)43-25-19-37(20-26-43)34-11-4-1-5-12-34)53(62)57(66)59-50(52)51-54(63)55(64)56(65)58(67)60(51)69(59)44-27-21-38(22-28-44)40-18-10-17-39(31-40)35-13-6-2-7-14-35/h1-33H,61-67H2. The highest BCUT2D eigenvalue weighted by Crippen LogP contribution is 2.38. The number of benzene rings is 10. The Hall–Kier alpha value is -7.75. The van der Waals surface area contributed by atoms with Crippen LogP contribution in [0.15, 0.2) is 200 Å². The number of fused-ring (bicyclic) bond motifs is 6. The fourth-order valence-corrected chi connectivity index (χ4v) is 11.4. The second kappa shape index (κ2) is 16.8. The molecule has 0 saturated carbocycles. The normalized spacial score (nSPS) is 11.6. The highest BCUT2D eigenvalue weighted by Gasteiger charge is 2.25.